The topological polar surface area (TPSA) is 12.5 Å². The number of rotatable bonds is 4. The summed E-state index contributed by atoms with van der Waals surface area (Å²) in [6.07, 6.45) is 0. The summed E-state index contributed by atoms with van der Waals surface area (Å²) in [4.78, 5) is 2.39. The van der Waals surface area contributed by atoms with Crippen molar-refractivity contribution in [2.24, 2.45) is 0 Å². The third-order valence-corrected chi connectivity index (χ3v) is 15.2. The van der Waals surface area contributed by atoms with Gasteiger partial charge in [-0.25, -0.2) is 0 Å². The highest BCUT2D eigenvalue weighted by Gasteiger charge is 2.27. The molecule has 0 unspecified atom stereocenters. The Balaban J connectivity index is 1.13. The van der Waals surface area contributed by atoms with Crippen molar-refractivity contribution in [3.05, 3.63) is 249 Å². The van der Waals surface area contributed by atoms with Gasteiger partial charge in [0.25, 0.3) is 0 Å². The van der Waals surface area contributed by atoms with Gasteiger partial charge < -0.3 is 9.64 Å². The van der Waals surface area contributed by atoms with Crippen molar-refractivity contribution in [1.29, 1.82) is 0 Å². The molecule has 14 rings (SSSR count). The monoisotopic (exact) mass is 895 g/mol. The molecule has 0 atom stereocenters. The Morgan fingerprint density at radius 2 is 0.754 bits per heavy atom. The third-order valence-electron chi connectivity index (χ3n) is 14.1. The molecule has 0 aliphatic carbocycles. The number of hydrogen-bond acceptors (Lipinski definition) is 3. The fourth-order valence-corrected chi connectivity index (χ4v) is 12.1. The van der Waals surface area contributed by atoms with Crippen molar-refractivity contribution < 1.29 is 4.74 Å². The number of fused-ring (bicyclic) bond motifs is 18. The van der Waals surface area contributed by atoms with E-state index in [9.17, 15) is 0 Å². The Labute approximate surface area is 403 Å². The quantitative estimate of drug-likeness (QED) is 0.175. The van der Waals surface area contributed by atoms with Crippen LogP contribution < -0.4 is 9.64 Å². The minimum absolute atomic E-state index is 0.810. The number of ether oxygens (including phenoxy) is 1. The number of benzene rings is 11. The predicted molar refractivity (Wildman–Crippen MR) is 296 cm³/mol. The summed E-state index contributed by atoms with van der Waals surface area (Å²) in [7, 11) is 0. The van der Waals surface area contributed by atoms with Crippen LogP contribution in [-0.2, 0) is 0 Å². The molecule has 69 heavy (non-hydrogen) atoms. The van der Waals surface area contributed by atoms with Crippen LogP contribution in [0.5, 0.6) is 11.5 Å². The summed E-state index contributed by atoms with van der Waals surface area (Å²) in [6.45, 7) is 0. The summed E-state index contributed by atoms with van der Waals surface area (Å²) in [6, 6.07) is 91.0. The number of anilines is 3. The highest BCUT2D eigenvalue weighted by atomic mass is 32.1. The van der Waals surface area contributed by atoms with E-state index in [-0.39, 0.29) is 0 Å². The second-order valence-corrected chi connectivity index (χ2v) is 19.0. The maximum atomic E-state index is 7.22. The van der Waals surface area contributed by atoms with Gasteiger partial charge in [-0.3, -0.25) is 0 Å². The smallest absolute Gasteiger partial charge is 0.159 e. The Hall–Kier alpha value is -8.76. The second kappa shape index (κ2) is 16.0. The summed E-state index contributed by atoms with van der Waals surface area (Å²) < 4.78 is 9.79. The van der Waals surface area contributed by atoms with Gasteiger partial charge in [-0.2, -0.15) is 0 Å². The maximum Gasteiger partial charge on any atom is 0.159 e. The van der Waals surface area contributed by atoms with Crippen molar-refractivity contribution in [3.63, 3.8) is 0 Å². The SMILES string of the molecule is c1ccc(-c2ccc(N(c3ccc4c(c3)c3ccccc3c3ccccc3c3ccccc3c3cc5sc6ccccc6c5cc43)c3cccc4c3Oc3ccccc3-c3ccccc3-4)cc2)cc1. The van der Waals surface area contributed by atoms with Crippen LogP contribution >= 0.6 is 11.3 Å². The molecule has 0 bridgehead atoms. The number of hydrogen-bond donors (Lipinski definition) is 0. The molecule has 13 aromatic rings. The zero-order chi connectivity index (χ0) is 45.4. The Bertz CT molecular complexity index is 4280. The molecule has 0 spiro atoms. The normalized spacial score (nSPS) is 11.9. The zero-order valence-corrected chi connectivity index (χ0v) is 38.3. The summed E-state index contributed by atoms with van der Waals surface area (Å²) in [5, 5.41) is 14.6. The van der Waals surface area contributed by atoms with Gasteiger partial charge in [0.05, 0.1) is 5.69 Å². The Morgan fingerprint density at radius 1 is 0.275 bits per heavy atom. The molecule has 3 heteroatoms. The van der Waals surface area contributed by atoms with Crippen molar-refractivity contribution in [2.75, 3.05) is 4.90 Å². The van der Waals surface area contributed by atoms with Gasteiger partial charge in [-0.05, 0) is 131 Å². The minimum atomic E-state index is 0.810. The molecule has 2 heterocycles. The molecule has 2 nitrogen and oxygen atoms in total. The second-order valence-electron chi connectivity index (χ2n) is 17.9. The first-order valence-corrected chi connectivity index (χ1v) is 24.4. The fourth-order valence-electron chi connectivity index (χ4n) is 10.9. The number of para-hydroxylation sites is 2. The lowest BCUT2D eigenvalue weighted by molar-refractivity contribution is 0.489. The van der Waals surface area contributed by atoms with E-state index in [0.29, 0.717) is 0 Å². The van der Waals surface area contributed by atoms with Crippen LogP contribution in [0.15, 0.2) is 249 Å². The van der Waals surface area contributed by atoms with Crippen LogP contribution in [0.25, 0.3) is 107 Å². The highest BCUT2D eigenvalue weighted by Crippen LogP contribution is 2.53. The lowest BCUT2D eigenvalue weighted by atomic mass is 9.93. The first-order valence-electron chi connectivity index (χ1n) is 23.6. The van der Waals surface area contributed by atoms with Gasteiger partial charge >= 0.3 is 0 Å². The Kier molecular flexibility index (Phi) is 9.11. The van der Waals surface area contributed by atoms with Crippen molar-refractivity contribution in [1.82, 2.24) is 0 Å². The molecule has 12 aromatic carbocycles. The molecule has 1 aliphatic rings. The number of nitrogens with zero attached hydrogens (tertiary/aromatic N) is 1. The van der Waals surface area contributed by atoms with Crippen LogP contribution in [0.2, 0.25) is 0 Å². The van der Waals surface area contributed by atoms with Gasteiger partial charge in [0, 0.05) is 42.7 Å². The van der Waals surface area contributed by atoms with Crippen molar-refractivity contribution in [3.8, 4) is 44.9 Å². The molecule has 1 aliphatic heterocycles. The molecule has 0 amide bonds. The minimum Gasteiger partial charge on any atom is -0.454 e. The van der Waals surface area contributed by atoms with Crippen LogP contribution in [0.4, 0.5) is 17.1 Å². The van der Waals surface area contributed by atoms with Gasteiger partial charge in [0.2, 0.25) is 0 Å². The Morgan fingerprint density at radius 3 is 1.43 bits per heavy atom. The van der Waals surface area contributed by atoms with Crippen LogP contribution in [0.3, 0.4) is 0 Å². The average molecular weight is 896 g/mol. The van der Waals surface area contributed by atoms with Gasteiger partial charge in [-0.1, -0.05) is 194 Å². The lowest BCUT2D eigenvalue weighted by Gasteiger charge is -2.29. The maximum absolute atomic E-state index is 7.22. The molecule has 0 saturated carbocycles. The van der Waals surface area contributed by atoms with E-state index in [1.165, 1.54) is 74.2 Å². The van der Waals surface area contributed by atoms with Crippen LogP contribution in [0, 0.1) is 0 Å². The van der Waals surface area contributed by atoms with E-state index in [4.69, 9.17) is 4.74 Å². The van der Waals surface area contributed by atoms with E-state index in [1.54, 1.807) is 0 Å². The summed E-state index contributed by atoms with van der Waals surface area (Å²) in [5.41, 5.74) is 9.75. The molecule has 0 radical (unpaired) electrons. The van der Waals surface area contributed by atoms with Gasteiger partial charge in [-0.15, -0.1) is 11.3 Å². The molecular weight excluding hydrogens is 855 g/mol. The molecule has 1 aromatic heterocycles. The first-order chi connectivity index (χ1) is 34.2. The molecule has 0 N–H and O–H groups in total. The fraction of sp³-hybridized carbons (Fsp3) is 0. The molecular formula is C66H41NOS. The predicted octanol–water partition coefficient (Wildman–Crippen LogP) is 19.5. The van der Waals surface area contributed by atoms with E-state index in [2.05, 4.69) is 254 Å². The van der Waals surface area contributed by atoms with Crippen LogP contribution in [0.1, 0.15) is 0 Å². The molecule has 322 valence electrons. The third kappa shape index (κ3) is 6.39. The van der Waals surface area contributed by atoms with E-state index >= 15 is 0 Å². The van der Waals surface area contributed by atoms with E-state index < -0.39 is 0 Å². The van der Waals surface area contributed by atoms with Gasteiger partial charge in [0.1, 0.15) is 5.75 Å². The molecule has 0 fully saturated rings. The van der Waals surface area contributed by atoms with Crippen molar-refractivity contribution >= 4 is 102 Å². The largest absolute Gasteiger partial charge is 0.454 e. The highest BCUT2D eigenvalue weighted by molar-refractivity contribution is 7.25. The van der Waals surface area contributed by atoms with E-state index in [1.807, 2.05) is 11.3 Å². The molecule has 0 saturated heterocycles. The number of thiophene rings is 1. The summed E-state index contributed by atoms with van der Waals surface area (Å²) >= 11 is 1.87. The summed E-state index contributed by atoms with van der Waals surface area (Å²) in [5.74, 6) is 1.64. The average Bonchev–Trinajstić information content (AvgIpc) is 3.71. The lowest BCUT2D eigenvalue weighted by Crippen LogP contribution is -2.11. The zero-order valence-electron chi connectivity index (χ0n) is 37.4. The van der Waals surface area contributed by atoms with Gasteiger partial charge in [0.15, 0.2) is 5.75 Å². The van der Waals surface area contributed by atoms with Crippen molar-refractivity contribution in [2.45, 2.75) is 0 Å². The van der Waals surface area contributed by atoms with E-state index in [0.717, 1.165) is 61.8 Å². The first kappa shape index (κ1) is 39.4. The standard InChI is InChI=1S/C66H41NOS/c1-2-17-42(18-3-1)43-33-35-44(36-34-43)67(62-30-16-29-57-51-24-9-8-23-50(51)55-27-12-14-31-63(55)68-66(57)62)45-37-38-54-58(39-45)52-25-10-6-21-48(52)46-19-4-5-20-47(46)49-22-7-11-26-53(49)60-41-65-61(40-59(54)60)56-28-13-15-32-64(56)69-65/h1-41H. The van der Waals surface area contributed by atoms with Crippen LogP contribution in [-0.4, -0.2) is 0 Å².